The first-order chi connectivity index (χ1) is 8.75. The van der Waals surface area contributed by atoms with Gasteiger partial charge in [-0.05, 0) is 30.3 Å². The van der Waals surface area contributed by atoms with E-state index < -0.39 is 5.97 Å². The molecule has 0 saturated carbocycles. The number of pyridine rings is 1. The van der Waals surface area contributed by atoms with Gasteiger partial charge in [0.05, 0.1) is 16.6 Å². The standard InChI is InChI=1S/C13H9N3O2/c17-13(18)9-4-5-11-10(7-9)15-8-16(11)12-3-1-2-6-14-12/h1-8H,(H,17,18). The van der Waals surface area contributed by atoms with Crippen LogP contribution in [0.4, 0.5) is 0 Å². The molecule has 0 amide bonds. The molecule has 1 N–H and O–H groups in total. The van der Waals surface area contributed by atoms with Gasteiger partial charge in [0.1, 0.15) is 12.1 Å². The molecule has 2 aromatic heterocycles. The number of hydrogen-bond donors (Lipinski definition) is 1. The summed E-state index contributed by atoms with van der Waals surface area (Å²) in [6, 6.07) is 10.4. The molecule has 3 aromatic rings. The number of carboxylic acid groups (broad SMARTS) is 1. The molecule has 3 rings (SSSR count). The van der Waals surface area contributed by atoms with Gasteiger partial charge >= 0.3 is 5.97 Å². The molecule has 18 heavy (non-hydrogen) atoms. The lowest BCUT2D eigenvalue weighted by Gasteiger charge is -2.02. The van der Waals surface area contributed by atoms with Crippen molar-refractivity contribution in [2.75, 3.05) is 0 Å². The topological polar surface area (TPSA) is 68.0 Å². The number of carboxylic acids is 1. The Balaban J connectivity index is 2.19. The van der Waals surface area contributed by atoms with Gasteiger partial charge in [0.15, 0.2) is 0 Å². The molecule has 0 spiro atoms. The molecule has 0 fully saturated rings. The van der Waals surface area contributed by atoms with Gasteiger partial charge in [-0.15, -0.1) is 0 Å². The molecule has 88 valence electrons. The van der Waals surface area contributed by atoms with E-state index in [-0.39, 0.29) is 5.56 Å². The molecule has 5 heteroatoms. The number of nitrogens with zero attached hydrogens (tertiary/aromatic N) is 3. The number of fused-ring (bicyclic) bond motifs is 1. The molecule has 5 nitrogen and oxygen atoms in total. The highest BCUT2D eigenvalue weighted by molar-refractivity contribution is 5.92. The molecular weight excluding hydrogens is 230 g/mol. The number of aromatic carboxylic acids is 1. The number of rotatable bonds is 2. The van der Waals surface area contributed by atoms with Crippen LogP contribution < -0.4 is 0 Å². The minimum Gasteiger partial charge on any atom is -0.478 e. The van der Waals surface area contributed by atoms with E-state index in [1.807, 2.05) is 22.8 Å². The SMILES string of the molecule is O=C(O)c1ccc2c(c1)ncn2-c1ccccn1. The lowest BCUT2D eigenvalue weighted by Crippen LogP contribution is -1.97. The Hall–Kier alpha value is -2.69. The van der Waals surface area contributed by atoms with E-state index in [9.17, 15) is 4.79 Å². The zero-order chi connectivity index (χ0) is 12.5. The predicted molar refractivity (Wildman–Crippen MR) is 65.8 cm³/mol. The highest BCUT2D eigenvalue weighted by Gasteiger charge is 2.08. The maximum absolute atomic E-state index is 10.9. The monoisotopic (exact) mass is 239 g/mol. The van der Waals surface area contributed by atoms with Gasteiger partial charge in [0.2, 0.25) is 0 Å². The molecule has 0 aliphatic rings. The molecule has 2 heterocycles. The Labute approximate surface area is 102 Å². The van der Waals surface area contributed by atoms with E-state index in [0.717, 1.165) is 11.3 Å². The van der Waals surface area contributed by atoms with E-state index in [4.69, 9.17) is 5.11 Å². The van der Waals surface area contributed by atoms with Gasteiger partial charge in [-0.3, -0.25) is 4.57 Å². The molecule has 0 atom stereocenters. The fourth-order valence-electron chi connectivity index (χ4n) is 1.82. The summed E-state index contributed by atoms with van der Waals surface area (Å²) in [5.41, 5.74) is 1.70. The largest absolute Gasteiger partial charge is 0.478 e. The van der Waals surface area contributed by atoms with Crippen molar-refractivity contribution in [1.29, 1.82) is 0 Å². The van der Waals surface area contributed by atoms with E-state index >= 15 is 0 Å². The fourth-order valence-corrected chi connectivity index (χ4v) is 1.82. The van der Waals surface area contributed by atoms with Crippen LogP contribution in [0, 0.1) is 0 Å². The van der Waals surface area contributed by atoms with Crippen molar-refractivity contribution >= 4 is 17.0 Å². The molecule has 0 radical (unpaired) electrons. The number of aromatic nitrogens is 3. The Morgan fingerprint density at radius 3 is 2.78 bits per heavy atom. The smallest absolute Gasteiger partial charge is 0.335 e. The number of hydrogen-bond acceptors (Lipinski definition) is 3. The second kappa shape index (κ2) is 3.96. The molecule has 1 aromatic carbocycles. The van der Waals surface area contributed by atoms with Crippen molar-refractivity contribution in [3.8, 4) is 5.82 Å². The first-order valence-electron chi connectivity index (χ1n) is 5.37. The lowest BCUT2D eigenvalue weighted by atomic mass is 10.2. The van der Waals surface area contributed by atoms with Crippen molar-refractivity contribution in [3.63, 3.8) is 0 Å². The third-order valence-electron chi connectivity index (χ3n) is 2.69. The second-order valence-electron chi connectivity index (χ2n) is 3.81. The Bertz CT molecular complexity index is 719. The van der Waals surface area contributed by atoms with E-state index in [1.165, 1.54) is 0 Å². The maximum Gasteiger partial charge on any atom is 0.335 e. The molecule has 0 saturated heterocycles. The van der Waals surface area contributed by atoms with E-state index in [2.05, 4.69) is 9.97 Å². The van der Waals surface area contributed by atoms with Crippen LogP contribution in [-0.2, 0) is 0 Å². The molecule has 0 aliphatic carbocycles. The van der Waals surface area contributed by atoms with Crippen molar-refractivity contribution in [2.45, 2.75) is 0 Å². The summed E-state index contributed by atoms with van der Waals surface area (Å²) in [6.07, 6.45) is 3.34. The number of carbonyl (C=O) groups is 1. The predicted octanol–water partition coefficient (Wildman–Crippen LogP) is 2.12. The molecule has 0 aliphatic heterocycles. The third kappa shape index (κ3) is 1.62. The summed E-state index contributed by atoms with van der Waals surface area (Å²) in [5.74, 6) is -0.202. The summed E-state index contributed by atoms with van der Waals surface area (Å²) >= 11 is 0. The van der Waals surface area contributed by atoms with Crippen LogP contribution in [0.25, 0.3) is 16.9 Å². The van der Waals surface area contributed by atoms with Crippen molar-refractivity contribution in [2.24, 2.45) is 0 Å². The summed E-state index contributed by atoms with van der Waals surface area (Å²) in [5, 5.41) is 8.92. The number of imidazole rings is 1. The van der Waals surface area contributed by atoms with Crippen LogP contribution in [-0.4, -0.2) is 25.6 Å². The van der Waals surface area contributed by atoms with Crippen LogP contribution in [0.2, 0.25) is 0 Å². The minimum atomic E-state index is -0.954. The van der Waals surface area contributed by atoms with Crippen LogP contribution in [0.1, 0.15) is 10.4 Å². The highest BCUT2D eigenvalue weighted by Crippen LogP contribution is 2.18. The van der Waals surface area contributed by atoms with E-state index in [0.29, 0.717) is 5.52 Å². The quantitative estimate of drug-likeness (QED) is 0.743. The summed E-state index contributed by atoms with van der Waals surface area (Å²) in [6.45, 7) is 0. The zero-order valence-corrected chi connectivity index (χ0v) is 9.32. The Kier molecular flexibility index (Phi) is 2.30. The first kappa shape index (κ1) is 10.5. The first-order valence-corrected chi connectivity index (χ1v) is 5.37. The van der Waals surface area contributed by atoms with Gasteiger partial charge in [-0.1, -0.05) is 6.07 Å². The van der Waals surface area contributed by atoms with Gasteiger partial charge in [-0.25, -0.2) is 14.8 Å². The summed E-state index contributed by atoms with van der Waals surface area (Å²) < 4.78 is 1.82. The Morgan fingerprint density at radius 2 is 2.06 bits per heavy atom. The van der Waals surface area contributed by atoms with Gasteiger partial charge in [0, 0.05) is 6.20 Å². The fraction of sp³-hybridized carbons (Fsp3) is 0. The van der Waals surface area contributed by atoms with Crippen LogP contribution in [0.15, 0.2) is 48.9 Å². The average molecular weight is 239 g/mol. The lowest BCUT2D eigenvalue weighted by molar-refractivity contribution is 0.0697. The Morgan fingerprint density at radius 1 is 1.17 bits per heavy atom. The van der Waals surface area contributed by atoms with Crippen LogP contribution >= 0.6 is 0 Å². The summed E-state index contributed by atoms with van der Waals surface area (Å²) in [7, 11) is 0. The molecular formula is C13H9N3O2. The third-order valence-corrected chi connectivity index (χ3v) is 2.69. The van der Waals surface area contributed by atoms with Crippen molar-refractivity contribution < 1.29 is 9.90 Å². The average Bonchev–Trinajstić information content (AvgIpc) is 2.82. The van der Waals surface area contributed by atoms with Crippen molar-refractivity contribution in [3.05, 3.63) is 54.5 Å². The summed E-state index contributed by atoms with van der Waals surface area (Å²) in [4.78, 5) is 19.3. The molecule has 0 bridgehead atoms. The molecule has 0 unspecified atom stereocenters. The van der Waals surface area contributed by atoms with Crippen LogP contribution in [0.5, 0.6) is 0 Å². The van der Waals surface area contributed by atoms with Gasteiger partial charge in [0.25, 0.3) is 0 Å². The highest BCUT2D eigenvalue weighted by atomic mass is 16.4. The van der Waals surface area contributed by atoms with Gasteiger partial charge < -0.3 is 5.11 Å². The van der Waals surface area contributed by atoms with Crippen molar-refractivity contribution in [1.82, 2.24) is 14.5 Å². The zero-order valence-electron chi connectivity index (χ0n) is 9.32. The van der Waals surface area contributed by atoms with E-state index in [1.54, 1.807) is 30.7 Å². The normalized spacial score (nSPS) is 10.7. The maximum atomic E-state index is 10.9. The van der Waals surface area contributed by atoms with Crippen LogP contribution in [0.3, 0.4) is 0 Å². The second-order valence-corrected chi connectivity index (χ2v) is 3.81. The number of benzene rings is 1. The minimum absolute atomic E-state index is 0.230. The van der Waals surface area contributed by atoms with Gasteiger partial charge in [-0.2, -0.15) is 0 Å².